The van der Waals surface area contributed by atoms with Crippen molar-refractivity contribution in [2.75, 3.05) is 26.4 Å². The van der Waals surface area contributed by atoms with Gasteiger partial charge in [0.2, 0.25) is 0 Å². The molecule has 0 spiro atoms. The summed E-state index contributed by atoms with van der Waals surface area (Å²) in [5.41, 5.74) is 1.61. The van der Waals surface area contributed by atoms with Gasteiger partial charge in [0.1, 0.15) is 18.5 Å². The number of aliphatic hydroxyl groups excluding tert-OH is 3. The summed E-state index contributed by atoms with van der Waals surface area (Å²) in [5.74, 6) is 0.758. The van der Waals surface area contributed by atoms with Gasteiger partial charge in [0.05, 0.1) is 18.8 Å². The zero-order valence-electron chi connectivity index (χ0n) is 15.6. The number of benzene rings is 1. The molecule has 0 amide bonds. The van der Waals surface area contributed by atoms with Crippen LogP contribution in [0.4, 0.5) is 0 Å². The van der Waals surface area contributed by atoms with Gasteiger partial charge in [-0.15, -0.1) is 0 Å². The molecule has 1 aromatic rings. The first-order valence-corrected chi connectivity index (χ1v) is 8.56. The van der Waals surface area contributed by atoms with Crippen molar-refractivity contribution in [1.29, 1.82) is 0 Å². The van der Waals surface area contributed by atoms with Crippen molar-refractivity contribution in [3.8, 4) is 5.75 Å². The predicted molar refractivity (Wildman–Crippen MR) is 96.6 cm³/mol. The van der Waals surface area contributed by atoms with E-state index in [0.29, 0.717) is 6.42 Å². The second kappa shape index (κ2) is 8.81. The van der Waals surface area contributed by atoms with Crippen molar-refractivity contribution in [3.63, 3.8) is 0 Å². The summed E-state index contributed by atoms with van der Waals surface area (Å²) >= 11 is 0. The Morgan fingerprint density at radius 3 is 2.25 bits per heavy atom. The third kappa shape index (κ3) is 5.74. The minimum atomic E-state index is -0.759. The lowest BCUT2D eigenvalue weighted by Gasteiger charge is -2.31. The first-order chi connectivity index (χ1) is 11.2. The Bertz CT molecular complexity index is 498. The zero-order chi connectivity index (χ0) is 18.4. The number of aliphatic hydroxyl groups is 3. The van der Waals surface area contributed by atoms with Gasteiger partial charge in [-0.05, 0) is 36.0 Å². The molecule has 138 valence electrons. The molecular formula is C19H33NO4. The molecule has 5 heteroatoms. The molecule has 1 rings (SSSR count). The normalized spacial score (nSPS) is 13.8. The van der Waals surface area contributed by atoms with Crippen LogP contribution in [-0.4, -0.2) is 53.3 Å². The monoisotopic (exact) mass is 339 g/mol. The lowest BCUT2D eigenvalue weighted by molar-refractivity contribution is 0.0567. The van der Waals surface area contributed by atoms with Gasteiger partial charge >= 0.3 is 0 Å². The SMILES string of the molecule is CCC(CO)(CO)NCC(O)COc1ccc(C(C)(C)C)cc1C. The van der Waals surface area contributed by atoms with Gasteiger partial charge in [0, 0.05) is 6.54 Å². The van der Waals surface area contributed by atoms with Crippen molar-refractivity contribution in [1.82, 2.24) is 5.32 Å². The highest BCUT2D eigenvalue weighted by Crippen LogP contribution is 2.27. The summed E-state index contributed by atoms with van der Waals surface area (Å²) < 4.78 is 5.72. The molecule has 1 unspecified atom stereocenters. The van der Waals surface area contributed by atoms with Crippen molar-refractivity contribution < 1.29 is 20.1 Å². The Kier molecular flexibility index (Phi) is 7.67. The first kappa shape index (κ1) is 20.9. The minimum Gasteiger partial charge on any atom is -0.491 e. The quantitative estimate of drug-likeness (QED) is 0.551. The fourth-order valence-corrected chi connectivity index (χ4v) is 2.37. The third-order valence-electron chi connectivity index (χ3n) is 4.47. The average Bonchev–Trinajstić information content (AvgIpc) is 2.54. The highest BCUT2D eigenvalue weighted by molar-refractivity contribution is 5.38. The highest BCUT2D eigenvalue weighted by atomic mass is 16.5. The molecule has 0 heterocycles. The fourth-order valence-electron chi connectivity index (χ4n) is 2.37. The highest BCUT2D eigenvalue weighted by Gasteiger charge is 2.26. The molecule has 0 aliphatic carbocycles. The van der Waals surface area contributed by atoms with E-state index < -0.39 is 11.6 Å². The van der Waals surface area contributed by atoms with E-state index in [9.17, 15) is 15.3 Å². The van der Waals surface area contributed by atoms with Gasteiger partial charge in [-0.3, -0.25) is 0 Å². The van der Waals surface area contributed by atoms with E-state index in [1.165, 1.54) is 5.56 Å². The van der Waals surface area contributed by atoms with E-state index in [2.05, 4.69) is 32.2 Å². The summed E-state index contributed by atoms with van der Waals surface area (Å²) in [6, 6.07) is 6.10. The number of aryl methyl sites for hydroxylation is 1. The predicted octanol–water partition coefficient (Wildman–Crippen LogP) is 1.76. The Hall–Kier alpha value is -1.14. The maximum absolute atomic E-state index is 10.1. The van der Waals surface area contributed by atoms with Crippen LogP contribution in [-0.2, 0) is 5.41 Å². The first-order valence-electron chi connectivity index (χ1n) is 8.56. The lowest BCUT2D eigenvalue weighted by Crippen LogP contribution is -2.54. The molecular weight excluding hydrogens is 306 g/mol. The average molecular weight is 339 g/mol. The van der Waals surface area contributed by atoms with Crippen LogP contribution in [0.5, 0.6) is 5.75 Å². The van der Waals surface area contributed by atoms with Crippen LogP contribution in [0.1, 0.15) is 45.2 Å². The molecule has 5 nitrogen and oxygen atoms in total. The second-order valence-corrected chi connectivity index (χ2v) is 7.53. The van der Waals surface area contributed by atoms with Crippen LogP contribution in [0.2, 0.25) is 0 Å². The topological polar surface area (TPSA) is 82.0 Å². The molecule has 0 aliphatic heterocycles. The fraction of sp³-hybridized carbons (Fsp3) is 0.684. The molecule has 24 heavy (non-hydrogen) atoms. The molecule has 0 aromatic heterocycles. The number of hydrogen-bond acceptors (Lipinski definition) is 5. The van der Waals surface area contributed by atoms with Gasteiger partial charge in [0.15, 0.2) is 0 Å². The summed E-state index contributed by atoms with van der Waals surface area (Å²) in [6.45, 7) is 10.4. The Morgan fingerprint density at radius 1 is 1.17 bits per heavy atom. The van der Waals surface area contributed by atoms with Crippen molar-refractivity contribution in [2.24, 2.45) is 0 Å². The Labute approximate surface area is 145 Å². The summed E-state index contributed by atoms with van der Waals surface area (Å²) in [6.07, 6.45) is -0.156. The molecule has 0 saturated heterocycles. The third-order valence-corrected chi connectivity index (χ3v) is 4.47. The molecule has 0 saturated carbocycles. The number of β-amino-alcohol motifs (C(OH)–C–C–N with tert-alkyl or cyclic N) is 1. The van der Waals surface area contributed by atoms with Gasteiger partial charge in [-0.1, -0.05) is 39.8 Å². The Balaban J connectivity index is 2.57. The van der Waals surface area contributed by atoms with Crippen LogP contribution in [0.15, 0.2) is 18.2 Å². The van der Waals surface area contributed by atoms with Crippen LogP contribution in [0.25, 0.3) is 0 Å². The largest absolute Gasteiger partial charge is 0.491 e. The summed E-state index contributed by atoms with van der Waals surface area (Å²) in [5, 5.41) is 31.9. The maximum Gasteiger partial charge on any atom is 0.122 e. The van der Waals surface area contributed by atoms with Crippen LogP contribution < -0.4 is 10.1 Å². The molecule has 4 N–H and O–H groups in total. The number of rotatable bonds is 9. The standard InChI is InChI=1S/C19H33NO4/c1-6-19(12-21,13-22)20-10-16(23)11-24-17-8-7-15(9-14(17)2)18(3,4)5/h7-9,16,20-23H,6,10-13H2,1-5H3. The van der Waals surface area contributed by atoms with Crippen molar-refractivity contribution in [2.45, 2.75) is 58.1 Å². The maximum atomic E-state index is 10.1. The van der Waals surface area contributed by atoms with E-state index in [-0.39, 0.29) is 31.8 Å². The molecule has 0 aliphatic rings. The number of hydrogen-bond donors (Lipinski definition) is 4. The van der Waals surface area contributed by atoms with E-state index in [1.54, 1.807) is 0 Å². The lowest BCUT2D eigenvalue weighted by atomic mass is 9.86. The molecule has 0 bridgehead atoms. The number of ether oxygens (including phenoxy) is 1. The summed E-state index contributed by atoms with van der Waals surface area (Å²) in [4.78, 5) is 0. The molecule has 0 radical (unpaired) electrons. The zero-order valence-corrected chi connectivity index (χ0v) is 15.6. The van der Waals surface area contributed by atoms with E-state index in [4.69, 9.17) is 4.74 Å². The minimum absolute atomic E-state index is 0.0881. The molecule has 1 atom stereocenters. The van der Waals surface area contributed by atoms with Crippen molar-refractivity contribution >= 4 is 0 Å². The van der Waals surface area contributed by atoms with Crippen molar-refractivity contribution in [3.05, 3.63) is 29.3 Å². The van der Waals surface area contributed by atoms with Gasteiger partial charge in [-0.25, -0.2) is 0 Å². The van der Waals surface area contributed by atoms with Gasteiger partial charge in [0.25, 0.3) is 0 Å². The van der Waals surface area contributed by atoms with Gasteiger partial charge < -0.3 is 25.4 Å². The van der Waals surface area contributed by atoms with Gasteiger partial charge in [-0.2, -0.15) is 0 Å². The van der Waals surface area contributed by atoms with E-state index in [0.717, 1.165) is 11.3 Å². The smallest absolute Gasteiger partial charge is 0.122 e. The van der Waals surface area contributed by atoms with E-state index >= 15 is 0 Å². The van der Waals surface area contributed by atoms with Crippen LogP contribution >= 0.6 is 0 Å². The Morgan fingerprint density at radius 2 is 1.79 bits per heavy atom. The second-order valence-electron chi connectivity index (χ2n) is 7.53. The summed E-state index contributed by atoms with van der Waals surface area (Å²) in [7, 11) is 0. The van der Waals surface area contributed by atoms with E-state index in [1.807, 2.05) is 26.0 Å². The molecule has 0 fully saturated rings. The van der Waals surface area contributed by atoms with Crippen LogP contribution in [0, 0.1) is 6.92 Å². The molecule has 1 aromatic carbocycles. The number of nitrogens with one attached hydrogen (secondary N) is 1. The van der Waals surface area contributed by atoms with Crippen LogP contribution in [0.3, 0.4) is 0 Å².